The molecule has 0 fully saturated rings. The number of aromatic nitrogens is 1. The molecule has 98 valence electrons. The molecule has 3 rings (SSSR count). The monoisotopic (exact) mass is 252 g/mol. The van der Waals surface area contributed by atoms with Gasteiger partial charge in [0.05, 0.1) is 5.69 Å². The molecule has 1 aliphatic rings. The van der Waals surface area contributed by atoms with Crippen molar-refractivity contribution in [1.29, 1.82) is 0 Å². The van der Waals surface area contributed by atoms with Crippen LogP contribution >= 0.6 is 0 Å². The number of rotatable bonds is 3. The van der Waals surface area contributed by atoms with Crippen LogP contribution in [0.15, 0.2) is 42.6 Å². The van der Waals surface area contributed by atoms with Crippen molar-refractivity contribution in [3.8, 4) is 0 Å². The van der Waals surface area contributed by atoms with Gasteiger partial charge in [0.2, 0.25) is 0 Å². The lowest BCUT2D eigenvalue weighted by Crippen LogP contribution is -2.23. The Hall–Kier alpha value is -1.67. The van der Waals surface area contributed by atoms with Gasteiger partial charge >= 0.3 is 0 Å². The fraction of sp³-hybridized carbons (Fsp3) is 0.353. The van der Waals surface area contributed by atoms with E-state index in [9.17, 15) is 0 Å². The normalized spacial score (nSPS) is 19.2. The molecule has 2 atom stereocenters. The Labute approximate surface area is 114 Å². The second-order valence-electron chi connectivity index (χ2n) is 5.44. The molecule has 1 aliphatic carbocycles. The lowest BCUT2D eigenvalue weighted by Gasteiger charge is -2.20. The Morgan fingerprint density at radius 3 is 2.95 bits per heavy atom. The Morgan fingerprint density at radius 1 is 1.26 bits per heavy atom. The molecule has 1 heterocycles. The van der Waals surface area contributed by atoms with E-state index < -0.39 is 0 Å². The van der Waals surface area contributed by atoms with Crippen LogP contribution in [-0.2, 0) is 6.42 Å². The zero-order chi connectivity index (χ0) is 13.2. The van der Waals surface area contributed by atoms with Crippen molar-refractivity contribution in [2.45, 2.75) is 38.8 Å². The van der Waals surface area contributed by atoms with Crippen molar-refractivity contribution in [3.05, 3.63) is 65.0 Å². The van der Waals surface area contributed by atoms with Crippen LogP contribution in [0.5, 0.6) is 0 Å². The minimum atomic E-state index is 0.290. The molecule has 0 radical (unpaired) electrons. The summed E-state index contributed by atoms with van der Waals surface area (Å²) in [6.07, 6.45) is 4.23. The van der Waals surface area contributed by atoms with Crippen molar-refractivity contribution in [1.82, 2.24) is 10.3 Å². The highest BCUT2D eigenvalue weighted by Crippen LogP contribution is 2.33. The van der Waals surface area contributed by atoms with Gasteiger partial charge in [0.15, 0.2) is 0 Å². The van der Waals surface area contributed by atoms with Gasteiger partial charge in [-0.3, -0.25) is 4.98 Å². The molecule has 0 saturated heterocycles. The zero-order valence-electron chi connectivity index (χ0n) is 11.6. The average Bonchev–Trinajstić information content (AvgIpc) is 2.82. The van der Waals surface area contributed by atoms with Crippen LogP contribution in [0, 0.1) is 6.92 Å². The molecule has 0 saturated carbocycles. The molecular formula is C17H20N2. The molecule has 2 heteroatoms. The Kier molecular flexibility index (Phi) is 3.34. The van der Waals surface area contributed by atoms with Crippen molar-refractivity contribution in [2.24, 2.45) is 0 Å². The van der Waals surface area contributed by atoms with Gasteiger partial charge in [0.1, 0.15) is 0 Å². The summed E-state index contributed by atoms with van der Waals surface area (Å²) in [5, 5.41) is 3.72. The lowest BCUT2D eigenvalue weighted by atomic mass is 10.0. The first-order valence-corrected chi connectivity index (χ1v) is 7.00. The maximum absolute atomic E-state index is 4.43. The van der Waals surface area contributed by atoms with E-state index in [0.717, 1.165) is 5.69 Å². The second-order valence-corrected chi connectivity index (χ2v) is 5.44. The number of pyridine rings is 1. The van der Waals surface area contributed by atoms with E-state index in [1.807, 2.05) is 18.3 Å². The molecule has 0 spiro atoms. The van der Waals surface area contributed by atoms with E-state index in [1.165, 1.54) is 29.5 Å². The summed E-state index contributed by atoms with van der Waals surface area (Å²) in [4.78, 5) is 4.43. The number of aryl methyl sites for hydroxylation is 2. The molecule has 0 aliphatic heterocycles. The zero-order valence-corrected chi connectivity index (χ0v) is 11.6. The Bertz CT molecular complexity index is 563. The van der Waals surface area contributed by atoms with Crippen LogP contribution in [0.25, 0.3) is 0 Å². The summed E-state index contributed by atoms with van der Waals surface area (Å²) in [5.74, 6) is 0. The minimum absolute atomic E-state index is 0.290. The highest BCUT2D eigenvalue weighted by molar-refractivity contribution is 5.37. The van der Waals surface area contributed by atoms with Crippen LogP contribution in [0.1, 0.15) is 47.8 Å². The highest BCUT2D eigenvalue weighted by Gasteiger charge is 2.24. The van der Waals surface area contributed by atoms with Crippen LogP contribution in [-0.4, -0.2) is 4.98 Å². The molecule has 1 aromatic carbocycles. The predicted molar refractivity (Wildman–Crippen MR) is 78.0 cm³/mol. The summed E-state index contributed by atoms with van der Waals surface area (Å²) < 4.78 is 0. The topological polar surface area (TPSA) is 24.9 Å². The standard InChI is InChI=1S/C17H20N2/c1-12-6-7-14-8-9-17(15(14)11-12)19-13(2)16-5-3-4-10-18-16/h3-7,10-11,13,17,19H,8-9H2,1-2H3/t13-,17?/m1/s1. The maximum Gasteiger partial charge on any atom is 0.0570 e. The number of hydrogen-bond donors (Lipinski definition) is 1. The summed E-state index contributed by atoms with van der Waals surface area (Å²) in [6.45, 7) is 4.36. The fourth-order valence-electron chi connectivity index (χ4n) is 2.91. The number of benzene rings is 1. The van der Waals surface area contributed by atoms with Gasteiger partial charge in [0.25, 0.3) is 0 Å². The summed E-state index contributed by atoms with van der Waals surface area (Å²) >= 11 is 0. The van der Waals surface area contributed by atoms with Crippen LogP contribution < -0.4 is 5.32 Å². The molecule has 19 heavy (non-hydrogen) atoms. The number of nitrogens with one attached hydrogen (secondary N) is 1. The molecule has 0 bridgehead atoms. The fourth-order valence-corrected chi connectivity index (χ4v) is 2.91. The number of hydrogen-bond acceptors (Lipinski definition) is 2. The van der Waals surface area contributed by atoms with Crippen LogP contribution in [0.2, 0.25) is 0 Å². The third kappa shape index (κ3) is 2.54. The molecule has 1 aromatic heterocycles. The Balaban J connectivity index is 1.78. The van der Waals surface area contributed by atoms with Gasteiger partial charge in [-0.2, -0.15) is 0 Å². The predicted octanol–water partition coefficient (Wildman–Crippen LogP) is 3.73. The minimum Gasteiger partial charge on any atom is -0.302 e. The number of nitrogens with zero attached hydrogens (tertiary/aromatic N) is 1. The first-order valence-electron chi connectivity index (χ1n) is 7.00. The largest absolute Gasteiger partial charge is 0.302 e. The quantitative estimate of drug-likeness (QED) is 0.900. The summed E-state index contributed by atoms with van der Waals surface area (Å²) in [7, 11) is 0. The third-order valence-corrected chi connectivity index (χ3v) is 3.96. The van der Waals surface area contributed by atoms with Crippen LogP contribution in [0.3, 0.4) is 0 Å². The van der Waals surface area contributed by atoms with Crippen LogP contribution in [0.4, 0.5) is 0 Å². The first-order chi connectivity index (χ1) is 9.24. The first kappa shape index (κ1) is 12.4. The summed E-state index contributed by atoms with van der Waals surface area (Å²) in [5.41, 5.74) is 5.43. The van der Waals surface area contributed by atoms with E-state index in [4.69, 9.17) is 0 Å². The highest BCUT2D eigenvalue weighted by atomic mass is 15.0. The van der Waals surface area contributed by atoms with E-state index >= 15 is 0 Å². The smallest absolute Gasteiger partial charge is 0.0570 e. The van der Waals surface area contributed by atoms with Crippen molar-refractivity contribution in [3.63, 3.8) is 0 Å². The average molecular weight is 252 g/mol. The molecule has 0 amide bonds. The van der Waals surface area contributed by atoms with Crippen molar-refractivity contribution in [2.75, 3.05) is 0 Å². The van der Waals surface area contributed by atoms with Crippen molar-refractivity contribution < 1.29 is 0 Å². The van der Waals surface area contributed by atoms with Gasteiger partial charge in [-0.15, -0.1) is 0 Å². The van der Waals surface area contributed by atoms with E-state index in [2.05, 4.69) is 48.4 Å². The third-order valence-electron chi connectivity index (χ3n) is 3.96. The van der Waals surface area contributed by atoms with Gasteiger partial charge in [-0.05, 0) is 49.9 Å². The lowest BCUT2D eigenvalue weighted by molar-refractivity contribution is 0.458. The van der Waals surface area contributed by atoms with Crippen molar-refractivity contribution >= 4 is 0 Å². The molecule has 2 nitrogen and oxygen atoms in total. The SMILES string of the molecule is Cc1ccc2c(c1)C(N[C@H](C)c1ccccn1)CC2. The maximum atomic E-state index is 4.43. The summed E-state index contributed by atoms with van der Waals surface area (Å²) in [6, 6.07) is 13.7. The van der Waals surface area contributed by atoms with E-state index in [1.54, 1.807) is 0 Å². The van der Waals surface area contributed by atoms with Gasteiger partial charge in [0, 0.05) is 18.3 Å². The van der Waals surface area contributed by atoms with E-state index in [-0.39, 0.29) is 6.04 Å². The van der Waals surface area contributed by atoms with Gasteiger partial charge in [-0.25, -0.2) is 0 Å². The molecular weight excluding hydrogens is 232 g/mol. The molecule has 1 unspecified atom stereocenters. The van der Waals surface area contributed by atoms with Gasteiger partial charge in [-0.1, -0.05) is 29.8 Å². The molecule has 1 N–H and O–H groups in total. The molecule has 2 aromatic rings. The van der Waals surface area contributed by atoms with E-state index in [0.29, 0.717) is 6.04 Å². The van der Waals surface area contributed by atoms with Gasteiger partial charge < -0.3 is 5.32 Å². The number of fused-ring (bicyclic) bond motifs is 1. The second kappa shape index (κ2) is 5.14. The Morgan fingerprint density at radius 2 is 2.16 bits per heavy atom.